The lowest BCUT2D eigenvalue weighted by Gasteiger charge is -2.00. The van der Waals surface area contributed by atoms with Crippen molar-refractivity contribution in [3.63, 3.8) is 0 Å². The summed E-state index contributed by atoms with van der Waals surface area (Å²) in [6.45, 7) is 1.69. The maximum Gasteiger partial charge on any atom is 0.115 e. The van der Waals surface area contributed by atoms with Crippen molar-refractivity contribution in [1.29, 1.82) is 0 Å². The average Bonchev–Trinajstić information content (AvgIpc) is 2.04. The topological polar surface area (TPSA) is 0 Å². The van der Waals surface area contributed by atoms with Gasteiger partial charge < -0.3 is 0 Å². The summed E-state index contributed by atoms with van der Waals surface area (Å²) in [5.74, 6) is 0. The lowest BCUT2D eigenvalue weighted by atomic mass is 10.1. The summed E-state index contributed by atoms with van der Waals surface area (Å²) in [6.07, 6.45) is 0.917. The maximum absolute atomic E-state index is 12.2. The summed E-state index contributed by atoms with van der Waals surface area (Å²) in [7, 11) is 0. The standard InChI is InChI=1S/C9H11F/c1-2-8-5-3-4-6-9(8)7-10/h3-6H,2,7H2,1H3. The fourth-order valence-corrected chi connectivity index (χ4v) is 1.03. The van der Waals surface area contributed by atoms with E-state index in [9.17, 15) is 4.39 Å². The smallest absolute Gasteiger partial charge is 0.115 e. The van der Waals surface area contributed by atoms with Crippen molar-refractivity contribution in [3.05, 3.63) is 35.4 Å². The maximum atomic E-state index is 12.2. The number of hydrogen-bond acceptors (Lipinski definition) is 0. The van der Waals surface area contributed by atoms with Gasteiger partial charge in [-0.15, -0.1) is 0 Å². The molecule has 0 aliphatic heterocycles. The summed E-state index contributed by atoms with van der Waals surface area (Å²) in [5.41, 5.74) is 1.94. The molecule has 0 unspecified atom stereocenters. The number of alkyl halides is 1. The second kappa shape index (κ2) is 3.35. The van der Waals surface area contributed by atoms with Crippen LogP contribution < -0.4 is 0 Å². The predicted molar refractivity (Wildman–Crippen MR) is 40.6 cm³/mol. The van der Waals surface area contributed by atoms with E-state index in [1.54, 1.807) is 0 Å². The highest BCUT2D eigenvalue weighted by atomic mass is 19.1. The van der Waals surface area contributed by atoms with Gasteiger partial charge >= 0.3 is 0 Å². The number of aryl methyl sites for hydroxylation is 1. The first kappa shape index (κ1) is 7.26. The molecule has 0 N–H and O–H groups in total. The van der Waals surface area contributed by atoms with Crippen molar-refractivity contribution in [3.8, 4) is 0 Å². The van der Waals surface area contributed by atoms with Gasteiger partial charge in [0.25, 0.3) is 0 Å². The van der Waals surface area contributed by atoms with Crippen LogP contribution in [0.2, 0.25) is 0 Å². The Balaban J connectivity index is 2.96. The van der Waals surface area contributed by atoms with E-state index < -0.39 is 0 Å². The molecule has 54 valence electrons. The van der Waals surface area contributed by atoms with Crippen molar-refractivity contribution in [1.82, 2.24) is 0 Å². The van der Waals surface area contributed by atoms with E-state index in [4.69, 9.17) is 0 Å². The molecule has 0 amide bonds. The van der Waals surface area contributed by atoms with Gasteiger partial charge in [0.2, 0.25) is 0 Å². The zero-order valence-electron chi connectivity index (χ0n) is 6.10. The minimum absolute atomic E-state index is 0.343. The quantitative estimate of drug-likeness (QED) is 0.589. The minimum Gasteiger partial charge on any atom is -0.246 e. The monoisotopic (exact) mass is 138 g/mol. The number of hydrogen-bond donors (Lipinski definition) is 0. The molecular weight excluding hydrogens is 127 g/mol. The first-order valence-corrected chi connectivity index (χ1v) is 3.51. The van der Waals surface area contributed by atoms with E-state index in [0.29, 0.717) is 0 Å². The van der Waals surface area contributed by atoms with Crippen LogP contribution in [0.1, 0.15) is 18.1 Å². The van der Waals surface area contributed by atoms with Crippen LogP contribution in [0.5, 0.6) is 0 Å². The third-order valence-corrected chi connectivity index (χ3v) is 1.64. The van der Waals surface area contributed by atoms with E-state index in [1.165, 1.54) is 0 Å². The zero-order chi connectivity index (χ0) is 7.40. The Hall–Kier alpha value is -0.850. The lowest BCUT2D eigenvalue weighted by molar-refractivity contribution is 0.482. The molecule has 0 radical (unpaired) electrons. The fraction of sp³-hybridized carbons (Fsp3) is 0.333. The number of halogens is 1. The van der Waals surface area contributed by atoms with Crippen LogP contribution in [0, 0.1) is 0 Å². The van der Waals surface area contributed by atoms with Crippen LogP contribution >= 0.6 is 0 Å². The zero-order valence-corrected chi connectivity index (χ0v) is 6.10. The highest BCUT2D eigenvalue weighted by molar-refractivity contribution is 5.26. The first-order valence-electron chi connectivity index (χ1n) is 3.51. The van der Waals surface area contributed by atoms with Gasteiger partial charge in [0, 0.05) is 0 Å². The van der Waals surface area contributed by atoms with Crippen LogP contribution in [0.15, 0.2) is 24.3 Å². The third-order valence-electron chi connectivity index (χ3n) is 1.64. The molecule has 1 aromatic carbocycles. The average molecular weight is 138 g/mol. The van der Waals surface area contributed by atoms with Crippen LogP contribution in [-0.2, 0) is 13.1 Å². The molecular formula is C9H11F. The van der Waals surface area contributed by atoms with Crippen LogP contribution in [-0.4, -0.2) is 0 Å². The fourth-order valence-electron chi connectivity index (χ4n) is 1.03. The largest absolute Gasteiger partial charge is 0.246 e. The second-order valence-electron chi connectivity index (χ2n) is 2.26. The molecule has 0 saturated carbocycles. The molecule has 1 rings (SSSR count). The number of benzene rings is 1. The highest BCUT2D eigenvalue weighted by Gasteiger charge is 1.95. The molecule has 0 fully saturated rings. The molecule has 0 spiro atoms. The molecule has 0 bridgehead atoms. The summed E-state index contributed by atoms with van der Waals surface area (Å²) in [5, 5.41) is 0. The molecule has 0 aliphatic rings. The van der Waals surface area contributed by atoms with Gasteiger partial charge in [-0.3, -0.25) is 0 Å². The molecule has 0 saturated heterocycles. The van der Waals surface area contributed by atoms with Crippen LogP contribution in [0.25, 0.3) is 0 Å². The van der Waals surface area contributed by atoms with Gasteiger partial charge in [0.1, 0.15) is 6.67 Å². The molecule has 1 heteroatoms. The van der Waals surface area contributed by atoms with Gasteiger partial charge in [-0.05, 0) is 17.5 Å². The van der Waals surface area contributed by atoms with Gasteiger partial charge in [0.05, 0.1) is 0 Å². The van der Waals surface area contributed by atoms with E-state index in [2.05, 4.69) is 0 Å². The van der Waals surface area contributed by atoms with Crippen LogP contribution in [0.4, 0.5) is 4.39 Å². The van der Waals surface area contributed by atoms with Crippen molar-refractivity contribution >= 4 is 0 Å². The molecule has 0 aromatic heterocycles. The summed E-state index contributed by atoms with van der Waals surface area (Å²) >= 11 is 0. The van der Waals surface area contributed by atoms with Crippen molar-refractivity contribution in [2.45, 2.75) is 20.0 Å². The Labute approximate surface area is 60.7 Å². The Morgan fingerprint density at radius 3 is 2.20 bits per heavy atom. The molecule has 1 aromatic rings. The number of rotatable bonds is 2. The summed E-state index contributed by atoms with van der Waals surface area (Å²) in [6, 6.07) is 7.61. The minimum atomic E-state index is -0.343. The van der Waals surface area contributed by atoms with E-state index in [1.807, 2.05) is 31.2 Å². The normalized spacial score (nSPS) is 9.80. The summed E-state index contributed by atoms with van der Waals surface area (Å²) < 4.78 is 12.2. The summed E-state index contributed by atoms with van der Waals surface area (Å²) in [4.78, 5) is 0. The molecule has 10 heavy (non-hydrogen) atoms. The van der Waals surface area contributed by atoms with Gasteiger partial charge in [-0.1, -0.05) is 31.2 Å². The SMILES string of the molecule is CCc1ccccc1CF. The van der Waals surface area contributed by atoms with Gasteiger partial charge in [0.15, 0.2) is 0 Å². The Bertz CT molecular complexity index is 183. The Morgan fingerprint density at radius 1 is 1.20 bits per heavy atom. The van der Waals surface area contributed by atoms with E-state index >= 15 is 0 Å². The van der Waals surface area contributed by atoms with Crippen molar-refractivity contribution in [2.75, 3.05) is 0 Å². The highest BCUT2D eigenvalue weighted by Crippen LogP contribution is 2.09. The van der Waals surface area contributed by atoms with Crippen molar-refractivity contribution in [2.24, 2.45) is 0 Å². The van der Waals surface area contributed by atoms with Gasteiger partial charge in [-0.2, -0.15) is 0 Å². The first-order chi connectivity index (χ1) is 4.88. The van der Waals surface area contributed by atoms with Crippen molar-refractivity contribution < 1.29 is 4.39 Å². The molecule has 0 atom stereocenters. The molecule has 0 aliphatic carbocycles. The predicted octanol–water partition coefficient (Wildman–Crippen LogP) is 2.72. The van der Waals surface area contributed by atoms with E-state index in [0.717, 1.165) is 17.5 Å². The lowest BCUT2D eigenvalue weighted by Crippen LogP contribution is -1.87. The van der Waals surface area contributed by atoms with Crippen LogP contribution in [0.3, 0.4) is 0 Å². The third kappa shape index (κ3) is 1.35. The second-order valence-corrected chi connectivity index (χ2v) is 2.26. The molecule has 0 nitrogen and oxygen atoms in total. The van der Waals surface area contributed by atoms with E-state index in [-0.39, 0.29) is 6.67 Å². The Kier molecular flexibility index (Phi) is 2.43. The Morgan fingerprint density at radius 2 is 1.80 bits per heavy atom. The van der Waals surface area contributed by atoms with Gasteiger partial charge in [-0.25, -0.2) is 4.39 Å². The molecule has 0 heterocycles.